The quantitative estimate of drug-likeness (QED) is 0.811. The molecular weight excluding hydrogens is 254 g/mol. The molecule has 0 radical (unpaired) electrons. The van der Waals surface area contributed by atoms with E-state index >= 15 is 0 Å². The van der Waals surface area contributed by atoms with Gasteiger partial charge in [-0.25, -0.2) is 0 Å². The summed E-state index contributed by atoms with van der Waals surface area (Å²) in [7, 11) is 0. The Morgan fingerprint density at radius 3 is 2.45 bits per heavy atom. The molecule has 2 amide bonds. The second-order valence-electron chi connectivity index (χ2n) is 6.40. The second kappa shape index (κ2) is 6.12. The van der Waals surface area contributed by atoms with Crippen molar-refractivity contribution in [1.29, 1.82) is 0 Å². The highest BCUT2D eigenvalue weighted by Crippen LogP contribution is 2.38. The van der Waals surface area contributed by atoms with Gasteiger partial charge in [0.15, 0.2) is 0 Å². The van der Waals surface area contributed by atoms with E-state index in [4.69, 9.17) is 5.73 Å². The fourth-order valence-electron chi connectivity index (χ4n) is 3.38. The lowest BCUT2D eigenvalue weighted by molar-refractivity contribution is -0.142. The number of carbonyl (C=O) groups excluding carboxylic acids is 2. The molecule has 0 aromatic carbocycles. The zero-order chi connectivity index (χ0) is 14.8. The van der Waals surface area contributed by atoms with Crippen LogP contribution >= 0.6 is 0 Å². The number of carbonyl (C=O) groups is 2. The third-order valence-electron chi connectivity index (χ3n) is 4.99. The summed E-state index contributed by atoms with van der Waals surface area (Å²) in [5, 5.41) is 3.01. The predicted molar refractivity (Wildman–Crippen MR) is 78.0 cm³/mol. The zero-order valence-corrected chi connectivity index (χ0v) is 12.7. The molecule has 2 unspecified atom stereocenters. The van der Waals surface area contributed by atoms with Crippen LogP contribution in [0.4, 0.5) is 0 Å². The summed E-state index contributed by atoms with van der Waals surface area (Å²) in [6, 6.07) is 0.212. The van der Waals surface area contributed by atoms with Gasteiger partial charge in [0.05, 0.1) is 5.41 Å². The molecule has 1 saturated carbocycles. The first-order valence-electron chi connectivity index (χ1n) is 7.81. The van der Waals surface area contributed by atoms with Crippen molar-refractivity contribution in [2.75, 3.05) is 13.1 Å². The number of rotatable bonds is 3. The molecule has 2 fully saturated rings. The smallest absolute Gasteiger partial charge is 0.230 e. The Labute approximate surface area is 121 Å². The van der Waals surface area contributed by atoms with Gasteiger partial charge in [-0.3, -0.25) is 9.59 Å². The van der Waals surface area contributed by atoms with Crippen molar-refractivity contribution < 1.29 is 9.59 Å². The molecule has 2 rings (SSSR count). The van der Waals surface area contributed by atoms with Gasteiger partial charge in [-0.05, 0) is 32.6 Å². The van der Waals surface area contributed by atoms with Crippen LogP contribution in [-0.4, -0.2) is 41.9 Å². The minimum Gasteiger partial charge on any atom is -0.353 e. The van der Waals surface area contributed by atoms with E-state index in [2.05, 4.69) is 5.32 Å². The molecule has 0 spiro atoms. The fourth-order valence-corrected chi connectivity index (χ4v) is 3.38. The van der Waals surface area contributed by atoms with E-state index < -0.39 is 0 Å². The summed E-state index contributed by atoms with van der Waals surface area (Å²) in [6.07, 6.45) is 5.12. The van der Waals surface area contributed by atoms with Crippen LogP contribution in [0, 0.1) is 5.41 Å². The van der Waals surface area contributed by atoms with Gasteiger partial charge in [0, 0.05) is 31.6 Å². The highest BCUT2D eigenvalue weighted by Gasteiger charge is 2.45. The molecule has 0 aromatic rings. The summed E-state index contributed by atoms with van der Waals surface area (Å²) < 4.78 is 0. The average Bonchev–Trinajstić information content (AvgIpc) is 2.80. The van der Waals surface area contributed by atoms with E-state index in [1.54, 1.807) is 0 Å². The number of nitrogens with one attached hydrogen (secondary N) is 1. The molecule has 1 heterocycles. The van der Waals surface area contributed by atoms with Gasteiger partial charge < -0.3 is 16.0 Å². The molecule has 2 aliphatic rings. The van der Waals surface area contributed by atoms with Crippen molar-refractivity contribution in [2.24, 2.45) is 11.1 Å². The van der Waals surface area contributed by atoms with Gasteiger partial charge in [-0.15, -0.1) is 0 Å². The fraction of sp³-hybridized carbons (Fsp3) is 0.867. The van der Waals surface area contributed by atoms with Crippen LogP contribution in [0.5, 0.6) is 0 Å². The van der Waals surface area contributed by atoms with Gasteiger partial charge in [-0.1, -0.05) is 13.3 Å². The van der Waals surface area contributed by atoms with Crippen LogP contribution < -0.4 is 11.1 Å². The Bertz CT molecular complexity index is 377. The number of hydrogen-bond donors (Lipinski definition) is 2. The molecule has 0 bridgehead atoms. The summed E-state index contributed by atoms with van der Waals surface area (Å²) >= 11 is 0. The summed E-state index contributed by atoms with van der Waals surface area (Å²) in [6.45, 7) is 5.33. The molecule has 3 N–H and O–H groups in total. The Balaban J connectivity index is 1.87. The van der Waals surface area contributed by atoms with Gasteiger partial charge >= 0.3 is 0 Å². The lowest BCUT2D eigenvalue weighted by atomic mass is 9.83. The molecule has 0 aromatic heterocycles. The van der Waals surface area contributed by atoms with Crippen LogP contribution in [0.15, 0.2) is 0 Å². The highest BCUT2D eigenvalue weighted by atomic mass is 16.2. The van der Waals surface area contributed by atoms with Crippen molar-refractivity contribution in [3.05, 3.63) is 0 Å². The topological polar surface area (TPSA) is 75.4 Å². The van der Waals surface area contributed by atoms with Crippen molar-refractivity contribution in [1.82, 2.24) is 10.2 Å². The number of nitrogens with two attached hydrogens (primary N) is 1. The SMILES string of the molecule is CCC(=O)NC1CCN(C(=O)C2(C)CCCC2N)CC1. The first-order chi connectivity index (χ1) is 9.47. The minimum absolute atomic E-state index is 0.00693. The maximum Gasteiger partial charge on any atom is 0.230 e. The van der Waals surface area contributed by atoms with E-state index in [-0.39, 0.29) is 29.3 Å². The first-order valence-corrected chi connectivity index (χ1v) is 7.81. The van der Waals surface area contributed by atoms with E-state index in [1.165, 1.54) is 0 Å². The Morgan fingerprint density at radius 2 is 1.95 bits per heavy atom. The predicted octanol–water partition coefficient (Wildman–Crippen LogP) is 1.02. The Kier molecular flexibility index (Phi) is 4.68. The van der Waals surface area contributed by atoms with Crippen molar-refractivity contribution >= 4 is 11.8 Å². The van der Waals surface area contributed by atoms with Crippen LogP contribution in [0.1, 0.15) is 52.4 Å². The van der Waals surface area contributed by atoms with Gasteiger partial charge in [0.25, 0.3) is 0 Å². The molecule has 20 heavy (non-hydrogen) atoms. The molecular formula is C15H27N3O2. The van der Waals surface area contributed by atoms with Crippen LogP contribution in [0.25, 0.3) is 0 Å². The molecule has 114 valence electrons. The van der Waals surface area contributed by atoms with E-state index in [9.17, 15) is 9.59 Å². The van der Waals surface area contributed by atoms with E-state index in [0.29, 0.717) is 6.42 Å². The molecule has 1 saturated heterocycles. The molecule has 1 aliphatic carbocycles. The van der Waals surface area contributed by atoms with Crippen LogP contribution in [0.3, 0.4) is 0 Å². The summed E-state index contributed by atoms with van der Waals surface area (Å²) in [5.41, 5.74) is 5.75. The third-order valence-corrected chi connectivity index (χ3v) is 4.99. The lowest BCUT2D eigenvalue weighted by Crippen LogP contribution is -2.53. The Morgan fingerprint density at radius 1 is 1.30 bits per heavy atom. The maximum atomic E-state index is 12.7. The minimum atomic E-state index is -0.375. The third kappa shape index (κ3) is 2.97. The van der Waals surface area contributed by atoms with E-state index in [1.807, 2.05) is 18.7 Å². The number of hydrogen-bond acceptors (Lipinski definition) is 3. The highest BCUT2D eigenvalue weighted by molar-refractivity contribution is 5.83. The maximum absolute atomic E-state index is 12.7. The lowest BCUT2D eigenvalue weighted by Gasteiger charge is -2.38. The Hall–Kier alpha value is -1.10. The first kappa shape index (κ1) is 15.3. The zero-order valence-electron chi connectivity index (χ0n) is 12.7. The van der Waals surface area contributed by atoms with Gasteiger partial charge in [-0.2, -0.15) is 0 Å². The number of amides is 2. The van der Waals surface area contributed by atoms with Gasteiger partial charge in [0.1, 0.15) is 0 Å². The van der Waals surface area contributed by atoms with E-state index in [0.717, 1.165) is 45.2 Å². The van der Waals surface area contributed by atoms with Crippen LogP contribution in [-0.2, 0) is 9.59 Å². The van der Waals surface area contributed by atoms with Crippen molar-refractivity contribution in [3.63, 3.8) is 0 Å². The normalized spacial score (nSPS) is 31.4. The van der Waals surface area contributed by atoms with Crippen molar-refractivity contribution in [3.8, 4) is 0 Å². The second-order valence-corrected chi connectivity index (χ2v) is 6.40. The molecule has 5 heteroatoms. The van der Waals surface area contributed by atoms with Gasteiger partial charge in [0.2, 0.25) is 11.8 Å². The largest absolute Gasteiger partial charge is 0.353 e. The molecule has 5 nitrogen and oxygen atoms in total. The summed E-state index contributed by atoms with van der Waals surface area (Å²) in [4.78, 5) is 26.0. The number of nitrogens with zero attached hydrogens (tertiary/aromatic N) is 1. The summed E-state index contributed by atoms with van der Waals surface area (Å²) in [5.74, 6) is 0.308. The monoisotopic (exact) mass is 281 g/mol. The van der Waals surface area contributed by atoms with Crippen molar-refractivity contribution in [2.45, 2.75) is 64.5 Å². The standard InChI is InChI=1S/C15H27N3O2/c1-3-13(19)17-11-6-9-18(10-7-11)14(20)15(2)8-4-5-12(15)16/h11-12H,3-10,16H2,1-2H3,(H,17,19). The number of likely N-dealkylation sites (tertiary alicyclic amines) is 1. The van der Waals surface area contributed by atoms with Crippen LogP contribution in [0.2, 0.25) is 0 Å². The average molecular weight is 281 g/mol. The molecule has 1 aliphatic heterocycles. The molecule has 2 atom stereocenters. The number of piperidine rings is 1.